The van der Waals surface area contributed by atoms with Crippen LogP contribution in [0.4, 0.5) is 31.1 Å². The third-order valence-corrected chi connectivity index (χ3v) is 6.40. The fourth-order valence-electron chi connectivity index (χ4n) is 3.29. The van der Waals surface area contributed by atoms with Crippen LogP contribution in [0.15, 0.2) is 36.4 Å². The van der Waals surface area contributed by atoms with Gasteiger partial charge in [-0.3, -0.25) is 4.79 Å². The first-order valence-electron chi connectivity index (χ1n) is 10.9. The van der Waals surface area contributed by atoms with Crippen LogP contribution in [-0.2, 0) is 6.18 Å². The van der Waals surface area contributed by atoms with Crippen LogP contribution < -0.4 is 10.6 Å². The Labute approximate surface area is 229 Å². The standard InChI is InChI=1S/C24H22Cl3F6N3O2/c1-3-34-22(38)36(2)9-8-35-21(37)15-6-4-13(10-17(15)24(31,32)33)5-7-16(23(28,29)30)14-11-18(25)20(27)19(26)12-14/h4-7,10-12,16H,3,8-9H2,1-2H3,(H,34,38)(H,35,37). The van der Waals surface area contributed by atoms with Crippen molar-refractivity contribution in [2.24, 2.45) is 0 Å². The molecule has 0 aliphatic rings. The molecule has 1 atom stereocenters. The number of carbonyl (C=O) groups is 2. The van der Waals surface area contributed by atoms with Crippen LogP contribution in [-0.4, -0.2) is 49.7 Å². The number of benzene rings is 2. The molecule has 0 aliphatic heterocycles. The third kappa shape index (κ3) is 8.44. The van der Waals surface area contributed by atoms with Gasteiger partial charge in [-0.25, -0.2) is 4.79 Å². The molecule has 14 heteroatoms. The molecule has 1 unspecified atom stereocenters. The highest BCUT2D eigenvalue weighted by atomic mass is 35.5. The molecule has 0 fully saturated rings. The predicted molar refractivity (Wildman–Crippen MR) is 135 cm³/mol. The molecule has 2 aromatic carbocycles. The number of allylic oxidation sites excluding steroid dienone is 1. The minimum Gasteiger partial charge on any atom is -0.350 e. The van der Waals surface area contributed by atoms with E-state index in [2.05, 4.69) is 10.6 Å². The molecule has 0 saturated carbocycles. The maximum atomic E-state index is 13.7. The van der Waals surface area contributed by atoms with Gasteiger partial charge in [-0.1, -0.05) is 53.0 Å². The van der Waals surface area contributed by atoms with E-state index in [1.807, 2.05) is 0 Å². The summed E-state index contributed by atoms with van der Waals surface area (Å²) >= 11 is 17.5. The van der Waals surface area contributed by atoms with Crippen molar-refractivity contribution < 1.29 is 35.9 Å². The topological polar surface area (TPSA) is 61.4 Å². The number of amides is 3. The number of nitrogens with zero attached hydrogens (tertiary/aromatic N) is 1. The van der Waals surface area contributed by atoms with Crippen molar-refractivity contribution >= 4 is 52.8 Å². The molecule has 0 aliphatic carbocycles. The molecular weight excluding hydrogens is 583 g/mol. The molecule has 208 valence electrons. The molecule has 0 radical (unpaired) electrons. The second-order valence-corrected chi connectivity index (χ2v) is 9.19. The first-order chi connectivity index (χ1) is 17.6. The van der Waals surface area contributed by atoms with Crippen molar-refractivity contribution in [2.75, 3.05) is 26.7 Å². The zero-order chi connectivity index (χ0) is 28.8. The molecule has 0 heterocycles. The van der Waals surface area contributed by atoms with Gasteiger partial charge in [0.1, 0.15) is 0 Å². The molecule has 0 aromatic heterocycles. The number of hydrogen-bond donors (Lipinski definition) is 2. The number of rotatable bonds is 8. The molecule has 2 rings (SSSR count). The number of carbonyl (C=O) groups excluding carboxylic acids is 2. The Morgan fingerprint density at radius 2 is 1.61 bits per heavy atom. The second kappa shape index (κ2) is 12.9. The van der Waals surface area contributed by atoms with Gasteiger partial charge in [-0.05, 0) is 42.3 Å². The normalized spacial score (nSPS) is 12.9. The molecule has 38 heavy (non-hydrogen) atoms. The van der Waals surface area contributed by atoms with E-state index in [0.29, 0.717) is 18.7 Å². The van der Waals surface area contributed by atoms with Crippen molar-refractivity contribution in [1.82, 2.24) is 15.5 Å². The average molecular weight is 605 g/mol. The van der Waals surface area contributed by atoms with Gasteiger partial charge in [0.05, 0.1) is 32.1 Å². The van der Waals surface area contributed by atoms with E-state index in [-0.39, 0.29) is 39.3 Å². The van der Waals surface area contributed by atoms with Crippen LogP contribution in [0.2, 0.25) is 15.1 Å². The van der Waals surface area contributed by atoms with Crippen molar-refractivity contribution in [3.8, 4) is 0 Å². The molecule has 0 saturated heterocycles. The van der Waals surface area contributed by atoms with E-state index in [1.54, 1.807) is 6.92 Å². The lowest BCUT2D eigenvalue weighted by atomic mass is 9.96. The lowest BCUT2D eigenvalue weighted by Gasteiger charge is -2.19. The average Bonchev–Trinajstić information content (AvgIpc) is 2.81. The number of likely N-dealkylation sites (N-methyl/N-ethyl adjacent to an activating group) is 1. The highest BCUT2D eigenvalue weighted by Gasteiger charge is 2.40. The first-order valence-corrected chi connectivity index (χ1v) is 12.1. The summed E-state index contributed by atoms with van der Waals surface area (Å²) < 4.78 is 82.4. The van der Waals surface area contributed by atoms with Gasteiger partial charge in [-0.15, -0.1) is 0 Å². The van der Waals surface area contributed by atoms with Crippen LogP contribution in [0.3, 0.4) is 0 Å². The van der Waals surface area contributed by atoms with Crippen molar-refractivity contribution in [2.45, 2.75) is 25.2 Å². The van der Waals surface area contributed by atoms with E-state index in [1.165, 1.54) is 11.9 Å². The first kappa shape index (κ1) is 31.6. The zero-order valence-electron chi connectivity index (χ0n) is 19.9. The van der Waals surface area contributed by atoms with Crippen LogP contribution in [0.25, 0.3) is 6.08 Å². The van der Waals surface area contributed by atoms with E-state index in [0.717, 1.165) is 30.3 Å². The Hall–Kier alpha value is -2.63. The van der Waals surface area contributed by atoms with Crippen LogP contribution >= 0.6 is 34.8 Å². The van der Waals surface area contributed by atoms with Crippen molar-refractivity contribution in [1.29, 1.82) is 0 Å². The summed E-state index contributed by atoms with van der Waals surface area (Å²) in [7, 11) is 1.44. The Morgan fingerprint density at radius 1 is 1.00 bits per heavy atom. The number of hydrogen-bond acceptors (Lipinski definition) is 2. The lowest BCUT2D eigenvalue weighted by molar-refractivity contribution is -0.139. The van der Waals surface area contributed by atoms with Gasteiger partial charge in [0.15, 0.2) is 0 Å². The highest BCUT2D eigenvalue weighted by Crippen LogP contribution is 2.41. The summed E-state index contributed by atoms with van der Waals surface area (Å²) in [6.07, 6.45) is -8.30. The summed E-state index contributed by atoms with van der Waals surface area (Å²) in [4.78, 5) is 25.4. The number of alkyl halides is 6. The van der Waals surface area contributed by atoms with Gasteiger partial charge in [0, 0.05) is 26.7 Å². The number of halogens is 9. The fraction of sp³-hybridized carbons (Fsp3) is 0.333. The number of nitrogens with one attached hydrogen (secondary N) is 2. The molecule has 2 N–H and O–H groups in total. The van der Waals surface area contributed by atoms with E-state index in [9.17, 15) is 35.9 Å². The van der Waals surface area contributed by atoms with E-state index < -0.39 is 41.3 Å². The Bertz CT molecular complexity index is 1180. The predicted octanol–water partition coefficient (Wildman–Crippen LogP) is 7.42. The lowest BCUT2D eigenvalue weighted by Crippen LogP contribution is -2.41. The minimum atomic E-state index is -4.98. The summed E-state index contributed by atoms with van der Waals surface area (Å²) in [5.41, 5.74) is -2.66. The van der Waals surface area contributed by atoms with Crippen LogP contribution in [0.5, 0.6) is 0 Å². The summed E-state index contributed by atoms with van der Waals surface area (Å²) in [5.74, 6) is -3.32. The van der Waals surface area contributed by atoms with Crippen LogP contribution in [0.1, 0.15) is 39.9 Å². The van der Waals surface area contributed by atoms with Crippen molar-refractivity contribution in [3.63, 3.8) is 0 Å². The second-order valence-electron chi connectivity index (χ2n) is 7.99. The third-order valence-electron chi connectivity index (χ3n) is 5.20. The van der Waals surface area contributed by atoms with Crippen LogP contribution in [0, 0.1) is 0 Å². The molecule has 0 bridgehead atoms. The van der Waals surface area contributed by atoms with Gasteiger partial charge in [-0.2, -0.15) is 26.3 Å². The highest BCUT2D eigenvalue weighted by molar-refractivity contribution is 6.48. The largest absolute Gasteiger partial charge is 0.417 e. The quantitative estimate of drug-likeness (QED) is 0.243. The van der Waals surface area contributed by atoms with Gasteiger partial charge in [0.25, 0.3) is 5.91 Å². The molecule has 0 spiro atoms. The summed E-state index contributed by atoms with van der Waals surface area (Å²) in [6, 6.07) is 4.03. The summed E-state index contributed by atoms with van der Waals surface area (Å²) in [6.45, 7) is 1.97. The molecule has 2 aromatic rings. The van der Waals surface area contributed by atoms with E-state index in [4.69, 9.17) is 34.8 Å². The van der Waals surface area contributed by atoms with Gasteiger partial charge >= 0.3 is 18.4 Å². The Balaban J connectivity index is 2.32. The Kier molecular flexibility index (Phi) is 10.8. The SMILES string of the molecule is CCNC(=O)N(C)CCNC(=O)c1ccc(C=CC(c2cc(Cl)c(Cl)c(Cl)c2)C(F)(F)F)cc1C(F)(F)F. The fourth-order valence-corrected chi connectivity index (χ4v) is 3.90. The maximum Gasteiger partial charge on any atom is 0.417 e. The zero-order valence-corrected chi connectivity index (χ0v) is 22.2. The summed E-state index contributed by atoms with van der Waals surface area (Å²) in [5, 5.41) is 4.25. The maximum absolute atomic E-state index is 13.7. The number of urea groups is 1. The Morgan fingerprint density at radius 3 is 2.13 bits per heavy atom. The van der Waals surface area contributed by atoms with E-state index >= 15 is 0 Å². The van der Waals surface area contributed by atoms with Gasteiger partial charge < -0.3 is 15.5 Å². The smallest absolute Gasteiger partial charge is 0.350 e. The van der Waals surface area contributed by atoms with Gasteiger partial charge in [0.2, 0.25) is 0 Å². The molecule has 5 nitrogen and oxygen atoms in total. The molecule has 3 amide bonds. The monoisotopic (exact) mass is 603 g/mol. The molecular formula is C24H22Cl3F6N3O2. The minimum absolute atomic E-state index is 0.0251. The van der Waals surface area contributed by atoms with Crippen molar-refractivity contribution in [3.05, 3.63) is 73.7 Å².